The molecule has 0 bridgehead atoms. The molecule has 1 aromatic carbocycles. The molecular weight excluding hydrogens is 220 g/mol. The SMILES string of the molecule is CCCCC#Cc1cccc2c1O[C@H](CC)CC2. The van der Waals surface area contributed by atoms with E-state index in [0.29, 0.717) is 6.10 Å². The van der Waals surface area contributed by atoms with Gasteiger partial charge in [-0.15, -0.1) is 0 Å². The molecule has 0 amide bonds. The van der Waals surface area contributed by atoms with Gasteiger partial charge in [0, 0.05) is 6.42 Å². The first kappa shape index (κ1) is 13.0. The highest BCUT2D eigenvalue weighted by Crippen LogP contribution is 2.31. The van der Waals surface area contributed by atoms with Crippen molar-refractivity contribution in [3.63, 3.8) is 0 Å². The van der Waals surface area contributed by atoms with E-state index < -0.39 is 0 Å². The number of aryl methyl sites for hydroxylation is 1. The smallest absolute Gasteiger partial charge is 0.138 e. The van der Waals surface area contributed by atoms with E-state index in [1.807, 2.05) is 0 Å². The summed E-state index contributed by atoms with van der Waals surface area (Å²) in [5.74, 6) is 7.57. The lowest BCUT2D eigenvalue weighted by molar-refractivity contribution is 0.169. The molecule has 0 unspecified atom stereocenters. The van der Waals surface area contributed by atoms with Crippen LogP contribution in [0.5, 0.6) is 5.75 Å². The highest BCUT2D eigenvalue weighted by atomic mass is 16.5. The number of rotatable bonds is 3. The van der Waals surface area contributed by atoms with Gasteiger partial charge in [-0.3, -0.25) is 0 Å². The normalized spacial score (nSPS) is 17.3. The summed E-state index contributed by atoms with van der Waals surface area (Å²) < 4.78 is 6.07. The molecule has 1 aromatic rings. The van der Waals surface area contributed by atoms with Crippen LogP contribution in [0.2, 0.25) is 0 Å². The summed E-state index contributed by atoms with van der Waals surface area (Å²) in [6, 6.07) is 6.34. The Bertz CT molecular complexity index is 450. The Morgan fingerprint density at radius 1 is 1.33 bits per heavy atom. The molecule has 18 heavy (non-hydrogen) atoms. The molecule has 0 fully saturated rings. The molecule has 0 radical (unpaired) electrons. The third kappa shape index (κ3) is 3.07. The molecule has 0 aromatic heterocycles. The quantitative estimate of drug-likeness (QED) is 0.566. The van der Waals surface area contributed by atoms with Crippen molar-refractivity contribution >= 4 is 0 Å². The van der Waals surface area contributed by atoms with Crippen LogP contribution < -0.4 is 4.74 Å². The Kier molecular flexibility index (Phi) is 4.70. The average molecular weight is 242 g/mol. The van der Waals surface area contributed by atoms with Crippen LogP contribution >= 0.6 is 0 Å². The maximum Gasteiger partial charge on any atom is 0.138 e. The van der Waals surface area contributed by atoms with Crippen LogP contribution in [0.25, 0.3) is 0 Å². The van der Waals surface area contributed by atoms with E-state index >= 15 is 0 Å². The lowest BCUT2D eigenvalue weighted by Crippen LogP contribution is -2.22. The van der Waals surface area contributed by atoms with Crippen molar-refractivity contribution in [2.24, 2.45) is 0 Å². The van der Waals surface area contributed by atoms with Gasteiger partial charge >= 0.3 is 0 Å². The van der Waals surface area contributed by atoms with Gasteiger partial charge in [-0.25, -0.2) is 0 Å². The predicted molar refractivity (Wildman–Crippen MR) is 75.9 cm³/mol. The first-order chi connectivity index (χ1) is 8.85. The van der Waals surface area contributed by atoms with Crippen LogP contribution in [0.1, 0.15) is 57.1 Å². The Morgan fingerprint density at radius 2 is 2.22 bits per heavy atom. The van der Waals surface area contributed by atoms with Gasteiger partial charge < -0.3 is 4.74 Å². The van der Waals surface area contributed by atoms with Crippen LogP contribution in [0.15, 0.2) is 18.2 Å². The maximum absolute atomic E-state index is 6.07. The first-order valence-electron chi connectivity index (χ1n) is 7.12. The summed E-state index contributed by atoms with van der Waals surface area (Å²) in [5.41, 5.74) is 2.39. The van der Waals surface area contributed by atoms with Crippen LogP contribution in [0.3, 0.4) is 0 Å². The van der Waals surface area contributed by atoms with Gasteiger partial charge in [0.25, 0.3) is 0 Å². The summed E-state index contributed by atoms with van der Waals surface area (Å²) in [5, 5.41) is 0. The third-order valence-corrected chi connectivity index (χ3v) is 3.45. The van der Waals surface area contributed by atoms with E-state index in [2.05, 4.69) is 43.9 Å². The number of unbranched alkanes of at least 4 members (excludes halogenated alkanes) is 2. The lowest BCUT2D eigenvalue weighted by Gasteiger charge is -2.26. The molecular formula is C17H22O. The van der Waals surface area contributed by atoms with Crippen molar-refractivity contribution in [3.05, 3.63) is 29.3 Å². The maximum atomic E-state index is 6.07. The molecule has 1 nitrogen and oxygen atoms in total. The number of ether oxygens (including phenoxy) is 1. The molecule has 0 spiro atoms. The minimum Gasteiger partial charge on any atom is -0.489 e. The minimum atomic E-state index is 0.371. The van der Waals surface area contributed by atoms with E-state index in [-0.39, 0.29) is 0 Å². The molecule has 2 rings (SSSR count). The van der Waals surface area contributed by atoms with Gasteiger partial charge in [-0.05, 0) is 37.3 Å². The molecule has 0 saturated heterocycles. The van der Waals surface area contributed by atoms with Gasteiger partial charge in [0.2, 0.25) is 0 Å². The van der Waals surface area contributed by atoms with Gasteiger partial charge in [0.1, 0.15) is 5.75 Å². The van der Waals surface area contributed by atoms with E-state index in [4.69, 9.17) is 4.74 Å². The van der Waals surface area contributed by atoms with Crippen LogP contribution in [0, 0.1) is 11.8 Å². The molecule has 0 saturated carbocycles. The Labute approximate surface area is 111 Å². The third-order valence-electron chi connectivity index (χ3n) is 3.45. The minimum absolute atomic E-state index is 0.371. The molecule has 1 heteroatoms. The Hall–Kier alpha value is -1.42. The van der Waals surface area contributed by atoms with E-state index in [1.165, 1.54) is 18.4 Å². The van der Waals surface area contributed by atoms with Crippen LogP contribution in [-0.4, -0.2) is 6.10 Å². The van der Waals surface area contributed by atoms with Crippen molar-refractivity contribution in [1.82, 2.24) is 0 Å². The zero-order valence-corrected chi connectivity index (χ0v) is 11.5. The fraction of sp³-hybridized carbons (Fsp3) is 0.529. The summed E-state index contributed by atoms with van der Waals surface area (Å²) in [4.78, 5) is 0. The zero-order chi connectivity index (χ0) is 12.8. The van der Waals surface area contributed by atoms with Crippen LogP contribution in [-0.2, 0) is 6.42 Å². The first-order valence-corrected chi connectivity index (χ1v) is 7.12. The summed E-state index contributed by atoms with van der Waals surface area (Å²) in [7, 11) is 0. The molecule has 1 aliphatic rings. The fourth-order valence-corrected chi connectivity index (χ4v) is 2.27. The monoisotopic (exact) mass is 242 g/mol. The van der Waals surface area contributed by atoms with Crippen molar-refractivity contribution in [2.75, 3.05) is 0 Å². The van der Waals surface area contributed by atoms with E-state index in [0.717, 1.165) is 37.0 Å². The second-order valence-corrected chi connectivity index (χ2v) is 4.89. The molecule has 1 aliphatic heterocycles. The van der Waals surface area contributed by atoms with E-state index in [9.17, 15) is 0 Å². The predicted octanol–water partition coefficient (Wildman–Crippen LogP) is 4.33. The number of hydrogen-bond acceptors (Lipinski definition) is 1. The summed E-state index contributed by atoms with van der Waals surface area (Å²) in [6.07, 6.45) is 7.08. The molecule has 96 valence electrons. The van der Waals surface area contributed by atoms with Gasteiger partial charge in [-0.2, -0.15) is 0 Å². The second kappa shape index (κ2) is 6.50. The Balaban J connectivity index is 2.18. The highest BCUT2D eigenvalue weighted by Gasteiger charge is 2.19. The fourth-order valence-electron chi connectivity index (χ4n) is 2.27. The van der Waals surface area contributed by atoms with Crippen LogP contribution in [0.4, 0.5) is 0 Å². The number of para-hydroxylation sites is 1. The van der Waals surface area contributed by atoms with Gasteiger partial charge in [0.15, 0.2) is 0 Å². The van der Waals surface area contributed by atoms with Crippen molar-refractivity contribution < 1.29 is 4.74 Å². The Morgan fingerprint density at radius 3 is 3.00 bits per heavy atom. The number of fused-ring (bicyclic) bond motifs is 1. The lowest BCUT2D eigenvalue weighted by atomic mass is 9.98. The summed E-state index contributed by atoms with van der Waals surface area (Å²) >= 11 is 0. The largest absolute Gasteiger partial charge is 0.489 e. The highest BCUT2D eigenvalue weighted by molar-refractivity contribution is 5.51. The van der Waals surface area contributed by atoms with E-state index in [1.54, 1.807) is 0 Å². The zero-order valence-electron chi connectivity index (χ0n) is 11.5. The number of hydrogen-bond donors (Lipinski definition) is 0. The van der Waals surface area contributed by atoms with Crippen molar-refractivity contribution in [3.8, 4) is 17.6 Å². The average Bonchev–Trinajstić information content (AvgIpc) is 2.43. The van der Waals surface area contributed by atoms with Gasteiger partial charge in [0.05, 0.1) is 11.7 Å². The molecule has 1 heterocycles. The topological polar surface area (TPSA) is 9.23 Å². The number of benzene rings is 1. The second-order valence-electron chi connectivity index (χ2n) is 4.89. The van der Waals surface area contributed by atoms with Crippen molar-refractivity contribution in [2.45, 2.75) is 58.5 Å². The molecule has 0 aliphatic carbocycles. The summed E-state index contributed by atoms with van der Waals surface area (Å²) in [6.45, 7) is 4.38. The van der Waals surface area contributed by atoms with Gasteiger partial charge in [-0.1, -0.05) is 44.2 Å². The van der Waals surface area contributed by atoms with Crippen molar-refractivity contribution in [1.29, 1.82) is 0 Å². The molecule has 0 N–H and O–H groups in total. The molecule has 1 atom stereocenters. The standard InChI is InChI=1S/C17H22O/c1-3-5-6-7-9-14-10-8-11-15-12-13-16(4-2)18-17(14)15/h8,10-11,16H,3-6,12-13H2,1-2H3/t16-/m1/s1.